The van der Waals surface area contributed by atoms with E-state index in [1.54, 1.807) is 17.0 Å². The van der Waals surface area contributed by atoms with E-state index in [0.29, 0.717) is 12.1 Å². The molecule has 0 aliphatic heterocycles. The molecule has 130 valence electrons. The van der Waals surface area contributed by atoms with Gasteiger partial charge in [-0.1, -0.05) is 58.4 Å². The van der Waals surface area contributed by atoms with Crippen molar-refractivity contribution in [2.24, 2.45) is 0 Å². The molecule has 1 aliphatic rings. The summed E-state index contributed by atoms with van der Waals surface area (Å²) in [5, 5.41) is 0. The van der Waals surface area contributed by atoms with E-state index in [-0.39, 0.29) is 23.8 Å². The fraction of sp³-hybridized carbons (Fsp3) is 0.300. The highest BCUT2D eigenvalue weighted by Gasteiger charge is 2.52. The maximum atomic E-state index is 12.4. The molecule has 0 N–H and O–H groups in total. The highest BCUT2D eigenvalue weighted by molar-refractivity contribution is 9.10. The van der Waals surface area contributed by atoms with Crippen LogP contribution in [0.1, 0.15) is 35.2 Å². The Morgan fingerprint density at radius 3 is 2.28 bits per heavy atom. The number of nitrogens with zero attached hydrogens (tertiary/aromatic N) is 1. The van der Waals surface area contributed by atoms with E-state index in [1.165, 1.54) is 7.11 Å². The van der Waals surface area contributed by atoms with Gasteiger partial charge >= 0.3 is 6.09 Å². The van der Waals surface area contributed by atoms with Crippen molar-refractivity contribution in [3.8, 4) is 0 Å². The number of Topliss-reactive ketones (excluding diaryl/α,β-unsaturated/α-hetero) is 1. The largest absolute Gasteiger partial charge is 0.453 e. The third-order valence-corrected chi connectivity index (χ3v) is 5.20. The zero-order valence-corrected chi connectivity index (χ0v) is 15.7. The van der Waals surface area contributed by atoms with Crippen molar-refractivity contribution in [2.45, 2.75) is 24.8 Å². The predicted molar refractivity (Wildman–Crippen MR) is 99.6 cm³/mol. The molecular formula is C20H20BrNO3. The molecule has 1 fully saturated rings. The summed E-state index contributed by atoms with van der Waals surface area (Å²) in [4.78, 5) is 26.5. The third kappa shape index (κ3) is 3.76. The Labute approximate surface area is 155 Å². The second kappa shape index (κ2) is 7.40. The SMILES string of the molecule is COC(=O)N(CCC(=O)c1ccccc1)C1(c2ccc(Br)cc2)CC1. The van der Waals surface area contributed by atoms with E-state index in [1.807, 2.05) is 42.5 Å². The Hall–Kier alpha value is -2.14. The van der Waals surface area contributed by atoms with Gasteiger partial charge in [-0.15, -0.1) is 0 Å². The molecule has 25 heavy (non-hydrogen) atoms. The zero-order valence-electron chi connectivity index (χ0n) is 14.1. The molecule has 0 atom stereocenters. The van der Waals surface area contributed by atoms with Crippen LogP contribution in [0.4, 0.5) is 4.79 Å². The van der Waals surface area contributed by atoms with Gasteiger partial charge in [-0.2, -0.15) is 0 Å². The normalized spacial score (nSPS) is 14.6. The fourth-order valence-electron chi connectivity index (χ4n) is 3.16. The molecule has 4 nitrogen and oxygen atoms in total. The minimum absolute atomic E-state index is 0.0288. The molecule has 5 heteroatoms. The van der Waals surface area contributed by atoms with Crippen LogP contribution < -0.4 is 0 Å². The first kappa shape index (κ1) is 17.7. The van der Waals surface area contributed by atoms with Gasteiger partial charge in [0, 0.05) is 23.0 Å². The van der Waals surface area contributed by atoms with E-state index in [4.69, 9.17) is 4.74 Å². The van der Waals surface area contributed by atoms with Crippen LogP contribution in [0.25, 0.3) is 0 Å². The predicted octanol–water partition coefficient (Wildman–Crippen LogP) is 4.78. The molecule has 1 saturated carbocycles. The van der Waals surface area contributed by atoms with Crippen LogP contribution in [0.3, 0.4) is 0 Å². The summed E-state index contributed by atoms with van der Waals surface area (Å²) in [5.74, 6) is 0.0288. The molecular weight excluding hydrogens is 382 g/mol. The quantitative estimate of drug-likeness (QED) is 0.654. The van der Waals surface area contributed by atoms with Crippen molar-refractivity contribution < 1.29 is 14.3 Å². The summed E-state index contributed by atoms with van der Waals surface area (Å²) in [6.07, 6.45) is 1.64. The Morgan fingerprint density at radius 2 is 1.72 bits per heavy atom. The second-order valence-corrected chi connectivity index (χ2v) is 7.12. The molecule has 0 radical (unpaired) electrons. The van der Waals surface area contributed by atoms with Crippen molar-refractivity contribution in [3.05, 3.63) is 70.2 Å². The number of benzene rings is 2. The van der Waals surface area contributed by atoms with Crippen LogP contribution >= 0.6 is 15.9 Å². The Balaban J connectivity index is 1.77. The molecule has 0 aromatic heterocycles. The number of ether oxygens (including phenoxy) is 1. The van der Waals surface area contributed by atoms with Gasteiger partial charge in [0.2, 0.25) is 0 Å². The maximum absolute atomic E-state index is 12.4. The average Bonchev–Trinajstić information content (AvgIpc) is 3.44. The molecule has 1 aliphatic carbocycles. The van der Waals surface area contributed by atoms with Gasteiger partial charge in [0.15, 0.2) is 5.78 Å². The number of methoxy groups -OCH3 is 1. The summed E-state index contributed by atoms with van der Waals surface area (Å²) in [5.41, 5.74) is 1.39. The second-order valence-electron chi connectivity index (χ2n) is 6.20. The molecule has 0 unspecified atom stereocenters. The first-order valence-corrected chi connectivity index (χ1v) is 9.06. The molecule has 1 amide bonds. The van der Waals surface area contributed by atoms with E-state index in [0.717, 1.165) is 22.9 Å². The molecule has 0 saturated heterocycles. The lowest BCUT2D eigenvalue weighted by atomic mass is 10.0. The topological polar surface area (TPSA) is 46.6 Å². The van der Waals surface area contributed by atoms with Crippen LogP contribution in [0.5, 0.6) is 0 Å². The van der Waals surface area contributed by atoms with Gasteiger partial charge in [-0.3, -0.25) is 9.69 Å². The number of rotatable bonds is 6. The van der Waals surface area contributed by atoms with Crippen molar-refractivity contribution >= 4 is 27.8 Å². The van der Waals surface area contributed by atoms with Gasteiger partial charge in [0.25, 0.3) is 0 Å². The Kier molecular flexibility index (Phi) is 5.23. The number of ketones is 1. The molecule has 0 bridgehead atoms. The van der Waals surface area contributed by atoms with Crippen LogP contribution in [0, 0.1) is 0 Å². The van der Waals surface area contributed by atoms with E-state index in [9.17, 15) is 9.59 Å². The standard InChI is InChI=1S/C20H20BrNO3/c1-25-19(24)22(14-11-18(23)15-5-3-2-4-6-15)20(12-13-20)16-7-9-17(21)10-8-16/h2-10H,11-14H2,1H3. The monoisotopic (exact) mass is 401 g/mol. The molecule has 2 aromatic carbocycles. The van der Waals surface area contributed by atoms with Crippen molar-refractivity contribution in [3.63, 3.8) is 0 Å². The third-order valence-electron chi connectivity index (χ3n) is 4.68. The summed E-state index contributed by atoms with van der Waals surface area (Å²) < 4.78 is 5.98. The maximum Gasteiger partial charge on any atom is 0.410 e. The molecule has 3 rings (SSSR count). The first-order chi connectivity index (χ1) is 12.1. The summed E-state index contributed by atoms with van der Waals surface area (Å²) >= 11 is 3.44. The van der Waals surface area contributed by atoms with Crippen LogP contribution in [0.15, 0.2) is 59.1 Å². The fourth-order valence-corrected chi connectivity index (χ4v) is 3.43. The Bertz CT molecular complexity index is 754. The highest BCUT2D eigenvalue weighted by atomic mass is 79.9. The van der Waals surface area contributed by atoms with Gasteiger partial charge in [0.05, 0.1) is 12.6 Å². The smallest absolute Gasteiger partial charge is 0.410 e. The number of hydrogen-bond donors (Lipinski definition) is 0. The van der Waals surface area contributed by atoms with Gasteiger partial charge in [-0.05, 0) is 30.5 Å². The van der Waals surface area contributed by atoms with Gasteiger partial charge < -0.3 is 4.74 Å². The van der Waals surface area contributed by atoms with Crippen LogP contribution in [0.2, 0.25) is 0 Å². The summed E-state index contributed by atoms with van der Waals surface area (Å²) in [6, 6.07) is 17.1. The Morgan fingerprint density at radius 1 is 1.08 bits per heavy atom. The minimum atomic E-state index is -0.388. The summed E-state index contributed by atoms with van der Waals surface area (Å²) in [7, 11) is 1.38. The molecule has 0 spiro atoms. The lowest BCUT2D eigenvalue weighted by Crippen LogP contribution is -2.41. The zero-order chi connectivity index (χ0) is 17.9. The minimum Gasteiger partial charge on any atom is -0.453 e. The number of carbonyl (C=O) groups excluding carboxylic acids is 2. The van der Waals surface area contributed by atoms with Crippen LogP contribution in [-0.4, -0.2) is 30.4 Å². The van der Waals surface area contributed by atoms with E-state index < -0.39 is 0 Å². The highest BCUT2D eigenvalue weighted by Crippen LogP contribution is 2.51. The summed E-state index contributed by atoms with van der Waals surface area (Å²) in [6.45, 7) is 0.344. The number of hydrogen-bond acceptors (Lipinski definition) is 3. The number of halogens is 1. The van der Waals surface area contributed by atoms with Crippen LogP contribution in [-0.2, 0) is 10.3 Å². The van der Waals surface area contributed by atoms with Crippen molar-refractivity contribution in [1.29, 1.82) is 0 Å². The first-order valence-electron chi connectivity index (χ1n) is 8.27. The van der Waals surface area contributed by atoms with Crippen molar-refractivity contribution in [1.82, 2.24) is 4.90 Å². The average molecular weight is 402 g/mol. The lowest BCUT2D eigenvalue weighted by Gasteiger charge is -2.31. The van der Waals surface area contributed by atoms with Gasteiger partial charge in [-0.25, -0.2) is 4.79 Å². The van der Waals surface area contributed by atoms with Gasteiger partial charge in [0.1, 0.15) is 0 Å². The van der Waals surface area contributed by atoms with E-state index in [2.05, 4.69) is 15.9 Å². The number of carbonyl (C=O) groups is 2. The molecule has 2 aromatic rings. The molecule has 0 heterocycles. The van der Waals surface area contributed by atoms with Crippen molar-refractivity contribution in [2.75, 3.05) is 13.7 Å². The van der Waals surface area contributed by atoms with E-state index >= 15 is 0 Å². The lowest BCUT2D eigenvalue weighted by molar-refractivity contribution is 0.0866. The number of amides is 1.